The maximum Gasteiger partial charge on any atom is 0.218 e. The molecule has 0 aromatic carbocycles. The molecule has 0 aliphatic carbocycles. The first-order valence-electron chi connectivity index (χ1n) is 6.57. The molecule has 20 heavy (non-hydrogen) atoms. The molecule has 1 atom stereocenters. The van der Waals surface area contributed by atoms with E-state index in [1.54, 1.807) is 24.5 Å². The van der Waals surface area contributed by atoms with E-state index in [1.807, 2.05) is 20.9 Å². The molecule has 7 heteroatoms. The zero-order chi connectivity index (χ0) is 14.3. The SMILES string of the molecule is CCC(CN(CC)S(=O)(=O)Cc1ccncc1)NC.Cl. The van der Waals surface area contributed by atoms with E-state index in [4.69, 9.17) is 0 Å². The van der Waals surface area contributed by atoms with Gasteiger partial charge in [0.1, 0.15) is 0 Å². The van der Waals surface area contributed by atoms with Crippen LogP contribution in [-0.2, 0) is 15.8 Å². The predicted octanol–water partition coefficient (Wildman–Crippen LogP) is 1.65. The topological polar surface area (TPSA) is 62.3 Å². The second-order valence-electron chi connectivity index (χ2n) is 4.46. The Morgan fingerprint density at radius 3 is 2.35 bits per heavy atom. The van der Waals surface area contributed by atoms with Crippen molar-refractivity contribution in [3.63, 3.8) is 0 Å². The second kappa shape index (κ2) is 9.28. The fraction of sp³-hybridized carbons (Fsp3) is 0.615. The van der Waals surface area contributed by atoms with Crippen LogP contribution in [0, 0.1) is 0 Å². The molecule has 0 amide bonds. The molecule has 0 bridgehead atoms. The van der Waals surface area contributed by atoms with Crippen LogP contribution in [0.2, 0.25) is 0 Å². The molecule has 1 rings (SSSR count). The summed E-state index contributed by atoms with van der Waals surface area (Å²) < 4.78 is 26.3. The van der Waals surface area contributed by atoms with E-state index in [0.29, 0.717) is 13.1 Å². The summed E-state index contributed by atoms with van der Waals surface area (Å²) in [6, 6.07) is 3.66. The molecular formula is C13H24ClN3O2S. The van der Waals surface area contributed by atoms with Gasteiger partial charge < -0.3 is 5.32 Å². The largest absolute Gasteiger partial charge is 0.316 e. The number of likely N-dealkylation sites (N-methyl/N-ethyl adjacent to an activating group) is 2. The smallest absolute Gasteiger partial charge is 0.218 e. The molecule has 1 N–H and O–H groups in total. The molecule has 1 heterocycles. The van der Waals surface area contributed by atoms with Gasteiger partial charge in [0.15, 0.2) is 0 Å². The number of rotatable bonds is 8. The quantitative estimate of drug-likeness (QED) is 0.791. The summed E-state index contributed by atoms with van der Waals surface area (Å²) in [6.07, 6.45) is 4.13. The summed E-state index contributed by atoms with van der Waals surface area (Å²) in [4.78, 5) is 3.90. The van der Waals surface area contributed by atoms with Gasteiger partial charge in [0.05, 0.1) is 5.75 Å². The minimum absolute atomic E-state index is 0. The van der Waals surface area contributed by atoms with Crippen LogP contribution in [0.25, 0.3) is 0 Å². The van der Waals surface area contributed by atoms with Gasteiger partial charge in [-0.15, -0.1) is 12.4 Å². The number of aromatic nitrogens is 1. The Morgan fingerprint density at radius 2 is 1.90 bits per heavy atom. The maximum absolute atomic E-state index is 12.4. The van der Waals surface area contributed by atoms with Crippen molar-refractivity contribution in [2.24, 2.45) is 0 Å². The van der Waals surface area contributed by atoms with E-state index < -0.39 is 10.0 Å². The number of pyridine rings is 1. The van der Waals surface area contributed by atoms with Crippen LogP contribution < -0.4 is 5.32 Å². The van der Waals surface area contributed by atoms with E-state index in [9.17, 15) is 8.42 Å². The first-order chi connectivity index (χ1) is 9.03. The number of sulfonamides is 1. The average molecular weight is 322 g/mol. The minimum Gasteiger partial charge on any atom is -0.316 e. The highest BCUT2D eigenvalue weighted by Crippen LogP contribution is 2.11. The summed E-state index contributed by atoms with van der Waals surface area (Å²) in [6.45, 7) is 4.92. The second-order valence-corrected chi connectivity index (χ2v) is 6.43. The Labute approximate surface area is 128 Å². The molecular weight excluding hydrogens is 298 g/mol. The van der Waals surface area contributed by atoms with Crippen LogP contribution >= 0.6 is 12.4 Å². The van der Waals surface area contributed by atoms with Gasteiger partial charge in [-0.05, 0) is 31.2 Å². The molecule has 1 unspecified atom stereocenters. The Bertz CT molecular complexity index is 464. The third-order valence-corrected chi connectivity index (χ3v) is 5.06. The van der Waals surface area contributed by atoms with Crippen LogP contribution in [-0.4, -0.2) is 43.9 Å². The summed E-state index contributed by atoms with van der Waals surface area (Å²) in [5.41, 5.74) is 0.769. The lowest BCUT2D eigenvalue weighted by atomic mass is 10.2. The van der Waals surface area contributed by atoms with Crippen LogP contribution in [0.5, 0.6) is 0 Å². The van der Waals surface area contributed by atoms with E-state index in [1.165, 1.54) is 4.31 Å². The molecule has 1 aromatic heterocycles. The molecule has 0 saturated carbocycles. The fourth-order valence-electron chi connectivity index (χ4n) is 1.89. The Balaban J connectivity index is 0.00000361. The van der Waals surface area contributed by atoms with Gasteiger partial charge in [0.2, 0.25) is 10.0 Å². The van der Waals surface area contributed by atoms with Gasteiger partial charge in [-0.1, -0.05) is 13.8 Å². The molecule has 0 saturated heterocycles. The van der Waals surface area contributed by atoms with Crippen LogP contribution in [0.15, 0.2) is 24.5 Å². The van der Waals surface area contributed by atoms with Gasteiger partial charge in [-0.2, -0.15) is 0 Å². The van der Waals surface area contributed by atoms with Crippen molar-refractivity contribution in [2.45, 2.75) is 32.1 Å². The average Bonchev–Trinajstić information content (AvgIpc) is 2.40. The summed E-state index contributed by atoms with van der Waals surface area (Å²) in [5, 5.41) is 3.14. The lowest BCUT2D eigenvalue weighted by molar-refractivity contribution is 0.368. The third kappa shape index (κ3) is 5.75. The first kappa shape index (κ1) is 19.3. The first-order valence-corrected chi connectivity index (χ1v) is 8.18. The zero-order valence-corrected chi connectivity index (χ0v) is 13.9. The van der Waals surface area contributed by atoms with Gasteiger partial charge >= 0.3 is 0 Å². The molecule has 0 aliphatic heterocycles. The van der Waals surface area contributed by atoms with E-state index in [2.05, 4.69) is 10.3 Å². The zero-order valence-electron chi connectivity index (χ0n) is 12.2. The summed E-state index contributed by atoms with van der Waals surface area (Å²) >= 11 is 0. The van der Waals surface area contributed by atoms with Gasteiger partial charge in [-0.3, -0.25) is 4.98 Å². The molecule has 0 spiro atoms. The van der Waals surface area contributed by atoms with Crippen LogP contribution in [0.3, 0.4) is 0 Å². The lowest BCUT2D eigenvalue weighted by Gasteiger charge is -2.25. The van der Waals surface area contributed by atoms with Crippen molar-refractivity contribution in [2.75, 3.05) is 20.1 Å². The van der Waals surface area contributed by atoms with Crippen LogP contribution in [0.4, 0.5) is 0 Å². The maximum atomic E-state index is 12.4. The molecule has 0 aliphatic rings. The highest BCUT2D eigenvalue weighted by Gasteiger charge is 2.23. The minimum atomic E-state index is -3.28. The van der Waals surface area contributed by atoms with Gasteiger partial charge in [-0.25, -0.2) is 12.7 Å². The van der Waals surface area contributed by atoms with Crippen molar-refractivity contribution in [1.82, 2.24) is 14.6 Å². The van der Waals surface area contributed by atoms with Crippen molar-refractivity contribution in [1.29, 1.82) is 0 Å². The molecule has 5 nitrogen and oxygen atoms in total. The monoisotopic (exact) mass is 321 g/mol. The van der Waals surface area contributed by atoms with Gasteiger partial charge in [0, 0.05) is 31.5 Å². The number of hydrogen-bond donors (Lipinski definition) is 1. The Kier molecular flexibility index (Phi) is 8.96. The van der Waals surface area contributed by atoms with Crippen molar-refractivity contribution in [3.05, 3.63) is 30.1 Å². The standard InChI is InChI=1S/C13H23N3O2S.ClH/c1-4-13(14-3)10-16(5-2)19(17,18)11-12-6-8-15-9-7-12;/h6-9,13-14H,4-5,10-11H2,1-3H3;1H. The Morgan fingerprint density at radius 1 is 1.30 bits per heavy atom. The normalized spacial score (nSPS) is 13.0. The predicted molar refractivity (Wildman–Crippen MR) is 84.5 cm³/mol. The summed E-state index contributed by atoms with van der Waals surface area (Å²) in [7, 11) is -1.42. The van der Waals surface area contributed by atoms with Crippen molar-refractivity contribution < 1.29 is 8.42 Å². The van der Waals surface area contributed by atoms with E-state index in [0.717, 1.165) is 12.0 Å². The fourth-order valence-corrected chi connectivity index (χ4v) is 3.49. The molecule has 116 valence electrons. The van der Waals surface area contributed by atoms with Crippen molar-refractivity contribution in [3.8, 4) is 0 Å². The lowest BCUT2D eigenvalue weighted by Crippen LogP contribution is -2.42. The highest BCUT2D eigenvalue weighted by molar-refractivity contribution is 7.88. The molecule has 1 aromatic rings. The molecule has 0 fully saturated rings. The van der Waals surface area contributed by atoms with E-state index >= 15 is 0 Å². The van der Waals surface area contributed by atoms with Crippen molar-refractivity contribution >= 4 is 22.4 Å². The number of halogens is 1. The molecule has 0 radical (unpaired) electrons. The number of nitrogens with one attached hydrogen (secondary N) is 1. The summed E-state index contributed by atoms with van der Waals surface area (Å²) in [5.74, 6) is 0.0313. The number of nitrogens with zero attached hydrogens (tertiary/aromatic N) is 2. The third-order valence-electron chi connectivity index (χ3n) is 3.17. The Hall–Kier alpha value is -0.690. The van der Waals surface area contributed by atoms with Crippen LogP contribution in [0.1, 0.15) is 25.8 Å². The van der Waals surface area contributed by atoms with Gasteiger partial charge in [0.25, 0.3) is 0 Å². The highest BCUT2D eigenvalue weighted by atomic mass is 35.5. The van der Waals surface area contributed by atoms with E-state index in [-0.39, 0.29) is 24.2 Å². The number of hydrogen-bond acceptors (Lipinski definition) is 4.